The van der Waals surface area contributed by atoms with Crippen molar-refractivity contribution in [2.75, 3.05) is 6.61 Å². The van der Waals surface area contributed by atoms with Crippen LogP contribution in [-0.4, -0.2) is 35.4 Å². The zero-order valence-electron chi connectivity index (χ0n) is 19.7. The predicted octanol–water partition coefficient (Wildman–Crippen LogP) is 4.71. The van der Waals surface area contributed by atoms with E-state index in [2.05, 4.69) is 5.32 Å². The van der Waals surface area contributed by atoms with Crippen molar-refractivity contribution >= 4 is 11.8 Å². The van der Waals surface area contributed by atoms with Gasteiger partial charge in [-0.25, -0.2) is 0 Å². The molecule has 0 spiro atoms. The highest BCUT2D eigenvalue weighted by Gasteiger charge is 2.29. The van der Waals surface area contributed by atoms with Crippen LogP contribution in [0.4, 0.5) is 0 Å². The third-order valence-corrected chi connectivity index (χ3v) is 5.52. The van der Waals surface area contributed by atoms with Crippen molar-refractivity contribution in [1.82, 2.24) is 10.2 Å². The van der Waals surface area contributed by atoms with Crippen LogP contribution in [0.2, 0.25) is 0 Å². The van der Waals surface area contributed by atoms with E-state index < -0.39 is 6.04 Å². The lowest BCUT2D eigenvalue weighted by atomic mass is 10.1. The lowest BCUT2D eigenvalue weighted by molar-refractivity contribution is -0.143. The van der Waals surface area contributed by atoms with E-state index in [1.54, 1.807) is 4.90 Å². The number of nitrogens with zero attached hydrogens (tertiary/aromatic N) is 1. The molecule has 2 aromatic carbocycles. The zero-order chi connectivity index (χ0) is 23.0. The second kappa shape index (κ2) is 11.5. The van der Waals surface area contributed by atoms with Gasteiger partial charge in [0.15, 0.2) is 6.61 Å². The van der Waals surface area contributed by atoms with Gasteiger partial charge in [0.2, 0.25) is 5.91 Å². The molecule has 168 valence electrons. The molecule has 0 unspecified atom stereocenters. The van der Waals surface area contributed by atoms with E-state index in [0.29, 0.717) is 18.7 Å². The van der Waals surface area contributed by atoms with E-state index in [1.165, 1.54) is 0 Å². The summed E-state index contributed by atoms with van der Waals surface area (Å²) in [4.78, 5) is 27.9. The Morgan fingerprint density at radius 3 is 2.35 bits per heavy atom. The van der Waals surface area contributed by atoms with Gasteiger partial charge in [0.25, 0.3) is 5.91 Å². The predicted molar refractivity (Wildman–Crippen MR) is 125 cm³/mol. The molecule has 2 atom stereocenters. The molecule has 0 heterocycles. The Morgan fingerprint density at radius 1 is 1.00 bits per heavy atom. The fourth-order valence-electron chi connectivity index (χ4n) is 3.45. The van der Waals surface area contributed by atoms with Gasteiger partial charge in [-0.15, -0.1) is 0 Å². The normalized spacial score (nSPS) is 12.7. The van der Waals surface area contributed by atoms with Gasteiger partial charge < -0.3 is 15.0 Å². The lowest BCUT2D eigenvalue weighted by Gasteiger charge is -2.31. The molecule has 0 saturated carbocycles. The van der Waals surface area contributed by atoms with Crippen LogP contribution in [0.5, 0.6) is 5.75 Å². The maximum absolute atomic E-state index is 13.3. The summed E-state index contributed by atoms with van der Waals surface area (Å²) in [5.41, 5.74) is 4.16. The van der Waals surface area contributed by atoms with Crippen LogP contribution in [0.15, 0.2) is 42.5 Å². The second-order valence-corrected chi connectivity index (χ2v) is 8.31. The number of ether oxygens (including phenoxy) is 1. The van der Waals surface area contributed by atoms with Crippen molar-refractivity contribution in [2.24, 2.45) is 0 Å². The van der Waals surface area contributed by atoms with E-state index in [-0.39, 0.29) is 24.5 Å². The molecule has 0 fully saturated rings. The molecule has 0 saturated heterocycles. The number of hydrogen-bond acceptors (Lipinski definition) is 3. The van der Waals surface area contributed by atoms with Crippen LogP contribution in [0.3, 0.4) is 0 Å². The standard InChI is InChI=1S/C26H36N2O3/c1-7-21(6)27-26(30)23(8-2)28(16-22-11-9-10-18(3)14-22)25(29)17-31-24-15-19(4)12-13-20(24)5/h9-15,21,23H,7-8,16-17H2,1-6H3,(H,27,30)/t21-,23+/m0/s1. The Morgan fingerprint density at radius 2 is 1.71 bits per heavy atom. The SMILES string of the molecule is CC[C@H](C(=O)N[C@@H](C)CC)N(Cc1cccc(C)c1)C(=O)COc1cc(C)ccc1C. The van der Waals surface area contributed by atoms with Gasteiger partial charge in [0.1, 0.15) is 11.8 Å². The Hall–Kier alpha value is -2.82. The first-order valence-electron chi connectivity index (χ1n) is 11.1. The van der Waals surface area contributed by atoms with E-state index >= 15 is 0 Å². The summed E-state index contributed by atoms with van der Waals surface area (Å²) in [6, 6.07) is 13.5. The minimum absolute atomic E-state index is 0.0589. The summed E-state index contributed by atoms with van der Waals surface area (Å²) in [6.45, 7) is 12.2. The highest BCUT2D eigenvalue weighted by Crippen LogP contribution is 2.20. The molecule has 0 bridgehead atoms. The Bertz CT molecular complexity index is 894. The Labute approximate surface area is 186 Å². The number of aryl methyl sites for hydroxylation is 3. The molecule has 0 aliphatic rings. The maximum Gasteiger partial charge on any atom is 0.261 e. The molecule has 5 nitrogen and oxygen atoms in total. The van der Waals surface area contributed by atoms with Gasteiger partial charge in [-0.3, -0.25) is 9.59 Å². The maximum atomic E-state index is 13.3. The first-order chi connectivity index (χ1) is 14.7. The van der Waals surface area contributed by atoms with Crippen LogP contribution in [0.25, 0.3) is 0 Å². The molecule has 2 amide bonds. The molecule has 0 aliphatic heterocycles. The van der Waals surface area contributed by atoms with Gasteiger partial charge in [0, 0.05) is 12.6 Å². The summed E-state index contributed by atoms with van der Waals surface area (Å²) in [5, 5.41) is 3.03. The van der Waals surface area contributed by atoms with Gasteiger partial charge in [-0.05, 0) is 63.3 Å². The van der Waals surface area contributed by atoms with Gasteiger partial charge in [-0.2, -0.15) is 0 Å². The fourth-order valence-corrected chi connectivity index (χ4v) is 3.45. The van der Waals surface area contributed by atoms with Crippen LogP contribution >= 0.6 is 0 Å². The lowest BCUT2D eigenvalue weighted by Crippen LogP contribution is -2.51. The quantitative estimate of drug-likeness (QED) is 0.601. The summed E-state index contributed by atoms with van der Waals surface area (Å²) in [7, 11) is 0. The van der Waals surface area contributed by atoms with Crippen molar-refractivity contribution in [1.29, 1.82) is 0 Å². The molecule has 0 aliphatic carbocycles. The minimum Gasteiger partial charge on any atom is -0.483 e. The summed E-state index contributed by atoms with van der Waals surface area (Å²) in [6.07, 6.45) is 1.37. The van der Waals surface area contributed by atoms with E-state index in [0.717, 1.165) is 28.7 Å². The fraction of sp³-hybridized carbons (Fsp3) is 0.462. The average Bonchev–Trinajstić information content (AvgIpc) is 2.73. The number of amides is 2. The first-order valence-corrected chi connectivity index (χ1v) is 11.1. The molecule has 5 heteroatoms. The highest BCUT2D eigenvalue weighted by atomic mass is 16.5. The van der Waals surface area contributed by atoms with Crippen molar-refractivity contribution in [2.45, 2.75) is 73.0 Å². The molecule has 2 aromatic rings. The third-order valence-electron chi connectivity index (χ3n) is 5.52. The van der Waals surface area contributed by atoms with Gasteiger partial charge in [-0.1, -0.05) is 55.8 Å². The molecule has 31 heavy (non-hydrogen) atoms. The summed E-state index contributed by atoms with van der Waals surface area (Å²) in [5.74, 6) is 0.374. The van der Waals surface area contributed by atoms with E-state index in [9.17, 15) is 9.59 Å². The monoisotopic (exact) mass is 424 g/mol. The van der Waals surface area contributed by atoms with Crippen LogP contribution < -0.4 is 10.1 Å². The topological polar surface area (TPSA) is 58.6 Å². The number of hydrogen-bond donors (Lipinski definition) is 1. The summed E-state index contributed by atoms with van der Waals surface area (Å²) >= 11 is 0. The van der Waals surface area contributed by atoms with Crippen molar-refractivity contribution in [3.05, 3.63) is 64.7 Å². The smallest absolute Gasteiger partial charge is 0.261 e. The number of carbonyl (C=O) groups excluding carboxylic acids is 2. The van der Waals surface area contributed by atoms with Crippen molar-refractivity contribution in [3.63, 3.8) is 0 Å². The Balaban J connectivity index is 2.25. The second-order valence-electron chi connectivity index (χ2n) is 8.31. The number of benzene rings is 2. The first kappa shape index (κ1) is 24.4. The largest absolute Gasteiger partial charge is 0.483 e. The molecular weight excluding hydrogens is 388 g/mol. The molecule has 0 aromatic heterocycles. The minimum atomic E-state index is -0.552. The van der Waals surface area contributed by atoms with Gasteiger partial charge in [0.05, 0.1) is 0 Å². The third kappa shape index (κ3) is 7.12. The number of rotatable bonds is 10. The summed E-state index contributed by atoms with van der Waals surface area (Å²) < 4.78 is 5.88. The molecule has 2 rings (SSSR count). The van der Waals surface area contributed by atoms with Crippen LogP contribution in [0, 0.1) is 20.8 Å². The van der Waals surface area contributed by atoms with Crippen molar-refractivity contribution in [3.8, 4) is 5.75 Å². The Kier molecular flexibility index (Phi) is 9.10. The van der Waals surface area contributed by atoms with Crippen molar-refractivity contribution < 1.29 is 14.3 Å². The molecular formula is C26H36N2O3. The molecule has 1 N–H and O–H groups in total. The highest BCUT2D eigenvalue weighted by molar-refractivity contribution is 5.88. The van der Waals surface area contributed by atoms with Crippen LogP contribution in [-0.2, 0) is 16.1 Å². The zero-order valence-corrected chi connectivity index (χ0v) is 19.7. The molecule has 0 radical (unpaired) electrons. The average molecular weight is 425 g/mol. The van der Waals surface area contributed by atoms with E-state index in [4.69, 9.17) is 4.74 Å². The van der Waals surface area contributed by atoms with E-state index in [1.807, 2.05) is 84.0 Å². The number of carbonyl (C=O) groups is 2. The van der Waals surface area contributed by atoms with Crippen LogP contribution in [0.1, 0.15) is 55.9 Å². The van der Waals surface area contributed by atoms with Gasteiger partial charge >= 0.3 is 0 Å². The number of nitrogens with one attached hydrogen (secondary N) is 1.